The molecule has 168 valence electrons. The molecule has 2 aliphatic heterocycles. The Balaban J connectivity index is 1.53. The number of amides is 4. The number of nitrogens with zero attached hydrogens (tertiary/aromatic N) is 3. The zero-order valence-corrected chi connectivity index (χ0v) is 18.1. The first kappa shape index (κ1) is 22.0. The van der Waals surface area contributed by atoms with Crippen LogP contribution in [0.1, 0.15) is 18.1 Å². The van der Waals surface area contributed by atoms with Crippen LogP contribution in [0.15, 0.2) is 60.7 Å². The van der Waals surface area contributed by atoms with Gasteiger partial charge in [0.05, 0.1) is 6.10 Å². The van der Waals surface area contributed by atoms with Gasteiger partial charge in [0.15, 0.2) is 5.54 Å². The van der Waals surface area contributed by atoms with E-state index in [2.05, 4.69) is 10.2 Å². The van der Waals surface area contributed by atoms with Crippen LogP contribution in [0.2, 0.25) is 0 Å². The summed E-state index contributed by atoms with van der Waals surface area (Å²) in [6.07, 6.45) is -0.424. The van der Waals surface area contributed by atoms with Gasteiger partial charge in [0.25, 0.3) is 5.91 Å². The first-order chi connectivity index (χ1) is 15.4. The van der Waals surface area contributed by atoms with Crippen molar-refractivity contribution in [3.63, 3.8) is 0 Å². The molecule has 32 heavy (non-hydrogen) atoms. The lowest BCUT2D eigenvalue weighted by atomic mass is 9.82. The van der Waals surface area contributed by atoms with E-state index in [0.29, 0.717) is 43.9 Å². The molecule has 2 heterocycles. The van der Waals surface area contributed by atoms with E-state index in [1.807, 2.05) is 36.4 Å². The van der Waals surface area contributed by atoms with Crippen molar-refractivity contribution in [2.24, 2.45) is 0 Å². The molecule has 0 bridgehead atoms. The molecule has 2 aromatic rings. The first-order valence-electron chi connectivity index (χ1n) is 10.8. The summed E-state index contributed by atoms with van der Waals surface area (Å²) < 4.78 is 0. The van der Waals surface area contributed by atoms with Crippen molar-refractivity contribution in [3.8, 4) is 0 Å². The highest BCUT2D eigenvalue weighted by atomic mass is 16.3. The lowest BCUT2D eigenvalue weighted by Gasteiger charge is -2.35. The van der Waals surface area contributed by atoms with Crippen LogP contribution in [0.25, 0.3) is 0 Å². The van der Waals surface area contributed by atoms with Crippen molar-refractivity contribution in [2.75, 3.05) is 39.3 Å². The smallest absolute Gasteiger partial charge is 0.326 e. The number of benzene rings is 2. The molecule has 4 amide bonds. The third-order valence-electron chi connectivity index (χ3n) is 6.06. The van der Waals surface area contributed by atoms with Crippen LogP contribution in [0.5, 0.6) is 0 Å². The van der Waals surface area contributed by atoms with E-state index in [4.69, 9.17) is 0 Å². The Labute approximate surface area is 187 Å². The second-order valence-electron chi connectivity index (χ2n) is 8.33. The number of imide groups is 1. The SMILES string of the molecule is C[C@H](O)CN1CCN(C(=O)CN2C(=O)NC(c3ccccc3)(c3ccccc3)C2=O)CC1. The molecule has 2 aliphatic rings. The van der Waals surface area contributed by atoms with Crippen molar-refractivity contribution in [2.45, 2.75) is 18.6 Å². The molecule has 2 aromatic carbocycles. The van der Waals surface area contributed by atoms with E-state index < -0.39 is 23.6 Å². The fraction of sp³-hybridized carbons (Fsp3) is 0.375. The number of piperazine rings is 1. The van der Waals surface area contributed by atoms with Crippen LogP contribution in [0.3, 0.4) is 0 Å². The maximum atomic E-state index is 13.7. The summed E-state index contributed by atoms with van der Waals surface area (Å²) in [6.45, 7) is 4.29. The van der Waals surface area contributed by atoms with E-state index in [9.17, 15) is 19.5 Å². The summed E-state index contributed by atoms with van der Waals surface area (Å²) >= 11 is 0. The fourth-order valence-corrected chi connectivity index (χ4v) is 4.44. The van der Waals surface area contributed by atoms with Crippen LogP contribution in [0, 0.1) is 0 Å². The van der Waals surface area contributed by atoms with Crippen molar-refractivity contribution in [1.82, 2.24) is 20.0 Å². The monoisotopic (exact) mass is 436 g/mol. The van der Waals surface area contributed by atoms with E-state index in [1.54, 1.807) is 36.1 Å². The number of nitrogens with one attached hydrogen (secondary N) is 1. The molecule has 2 N–H and O–H groups in total. The molecule has 8 nitrogen and oxygen atoms in total. The molecule has 1 atom stereocenters. The van der Waals surface area contributed by atoms with Gasteiger partial charge in [-0.3, -0.25) is 19.4 Å². The minimum absolute atomic E-state index is 0.262. The third kappa shape index (κ3) is 4.11. The Hall–Kier alpha value is -3.23. The molecule has 0 unspecified atom stereocenters. The number of aliphatic hydroxyl groups is 1. The van der Waals surface area contributed by atoms with Crippen molar-refractivity contribution in [1.29, 1.82) is 0 Å². The normalized spacial score (nSPS) is 19.7. The molecule has 0 aromatic heterocycles. The molecule has 2 fully saturated rings. The van der Waals surface area contributed by atoms with Gasteiger partial charge in [-0.1, -0.05) is 60.7 Å². The lowest BCUT2D eigenvalue weighted by Crippen LogP contribution is -2.53. The second kappa shape index (κ2) is 9.10. The third-order valence-corrected chi connectivity index (χ3v) is 6.06. The van der Waals surface area contributed by atoms with E-state index >= 15 is 0 Å². The van der Waals surface area contributed by atoms with Crippen LogP contribution < -0.4 is 5.32 Å². The van der Waals surface area contributed by atoms with Gasteiger partial charge in [-0.25, -0.2) is 4.79 Å². The highest BCUT2D eigenvalue weighted by Crippen LogP contribution is 2.35. The predicted octanol–water partition coefficient (Wildman–Crippen LogP) is 1.01. The topological polar surface area (TPSA) is 93.2 Å². The average molecular weight is 437 g/mol. The molecule has 2 saturated heterocycles. The number of β-amino-alcohol motifs (C(OH)–C–C–N with tert-alkyl or cyclic N) is 1. The maximum Gasteiger partial charge on any atom is 0.326 e. The zero-order chi connectivity index (χ0) is 22.7. The van der Waals surface area contributed by atoms with Crippen LogP contribution >= 0.6 is 0 Å². The van der Waals surface area contributed by atoms with E-state index in [1.165, 1.54) is 0 Å². The van der Waals surface area contributed by atoms with Crippen molar-refractivity contribution < 1.29 is 19.5 Å². The minimum Gasteiger partial charge on any atom is -0.392 e. The maximum absolute atomic E-state index is 13.7. The summed E-state index contributed by atoms with van der Waals surface area (Å²) in [7, 11) is 0. The molecule has 0 aliphatic carbocycles. The lowest BCUT2D eigenvalue weighted by molar-refractivity contribution is -0.139. The number of urea groups is 1. The second-order valence-corrected chi connectivity index (χ2v) is 8.33. The van der Waals surface area contributed by atoms with Gasteiger partial charge in [-0.15, -0.1) is 0 Å². The summed E-state index contributed by atoms with van der Waals surface area (Å²) in [6, 6.07) is 17.6. The minimum atomic E-state index is -1.37. The standard InChI is InChI=1S/C24H28N4O4/c1-18(29)16-26-12-14-27(15-13-26)21(30)17-28-22(31)24(25-23(28)32,19-8-4-2-5-9-19)20-10-6-3-7-11-20/h2-11,18,29H,12-17H2,1H3,(H,25,32)/t18-/m0/s1. The summed E-state index contributed by atoms with van der Waals surface area (Å²) in [5, 5.41) is 12.4. The van der Waals surface area contributed by atoms with Gasteiger partial charge < -0.3 is 15.3 Å². The Morgan fingerprint density at radius 3 is 2.00 bits per heavy atom. The van der Waals surface area contributed by atoms with Crippen LogP contribution in [-0.2, 0) is 15.1 Å². The first-order valence-corrected chi connectivity index (χ1v) is 10.8. The molecule has 8 heteroatoms. The highest BCUT2D eigenvalue weighted by molar-refractivity contribution is 6.11. The van der Waals surface area contributed by atoms with Gasteiger partial charge in [0.2, 0.25) is 5.91 Å². The van der Waals surface area contributed by atoms with Gasteiger partial charge in [-0.05, 0) is 18.1 Å². The highest BCUT2D eigenvalue weighted by Gasteiger charge is 2.54. The summed E-state index contributed by atoms with van der Waals surface area (Å²) in [4.78, 5) is 44.3. The summed E-state index contributed by atoms with van der Waals surface area (Å²) in [5.41, 5.74) is -0.0759. The number of carbonyl (C=O) groups is 3. The van der Waals surface area contributed by atoms with Gasteiger partial charge in [-0.2, -0.15) is 0 Å². The fourth-order valence-electron chi connectivity index (χ4n) is 4.44. The number of hydrogen-bond donors (Lipinski definition) is 2. The number of carbonyl (C=O) groups excluding carboxylic acids is 3. The Kier molecular flexibility index (Phi) is 6.25. The molecule has 0 radical (unpaired) electrons. The van der Waals surface area contributed by atoms with Gasteiger partial charge >= 0.3 is 6.03 Å². The largest absolute Gasteiger partial charge is 0.392 e. The Morgan fingerprint density at radius 1 is 0.969 bits per heavy atom. The number of hydrogen-bond acceptors (Lipinski definition) is 5. The van der Waals surface area contributed by atoms with E-state index in [-0.39, 0.29) is 12.5 Å². The molecule has 0 saturated carbocycles. The molecule has 4 rings (SSSR count). The Bertz CT molecular complexity index is 933. The van der Waals surface area contributed by atoms with Gasteiger partial charge in [0.1, 0.15) is 6.54 Å². The number of rotatable bonds is 6. The van der Waals surface area contributed by atoms with Crippen molar-refractivity contribution in [3.05, 3.63) is 71.8 Å². The molecule has 0 spiro atoms. The quantitative estimate of drug-likeness (QED) is 0.660. The molecular weight excluding hydrogens is 408 g/mol. The van der Waals surface area contributed by atoms with Crippen LogP contribution in [-0.4, -0.2) is 83.0 Å². The Morgan fingerprint density at radius 2 is 1.50 bits per heavy atom. The average Bonchev–Trinajstić information content (AvgIpc) is 3.06. The molecular formula is C24H28N4O4. The number of aliphatic hydroxyl groups excluding tert-OH is 1. The van der Waals surface area contributed by atoms with Gasteiger partial charge in [0, 0.05) is 32.7 Å². The predicted molar refractivity (Wildman–Crippen MR) is 119 cm³/mol. The van der Waals surface area contributed by atoms with Crippen LogP contribution in [0.4, 0.5) is 4.79 Å². The summed E-state index contributed by atoms with van der Waals surface area (Å²) in [5.74, 6) is -0.719. The van der Waals surface area contributed by atoms with Crippen molar-refractivity contribution >= 4 is 17.8 Å². The zero-order valence-electron chi connectivity index (χ0n) is 18.1. The van der Waals surface area contributed by atoms with E-state index in [0.717, 1.165) is 4.90 Å².